The number of ether oxygens (including phenoxy) is 5. The predicted octanol–water partition coefficient (Wildman–Crippen LogP) is 6.57. The molecule has 0 heterocycles. The Morgan fingerprint density at radius 2 is 0.606 bits per heavy atom. The molecule has 0 bridgehead atoms. The monoisotopic (exact) mass is 899 g/mol. The first-order chi connectivity index (χ1) is 32.1. The molecule has 5 rings (SSSR count). The molecule has 0 aliphatic carbocycles. The second kappa shape index (κ2) is 27.4. The Bertz CT molecular complexity index is 2300. The second-order valence-corrected chi connectivity index (χ2v) is 15.0. The zero-order valence-electron chi connectivity index (χ0n) is 36.3. The van der Waals surface area contributed by atoms with Gasteiger partial charge in [0.2, 0.25) is 11.8 Å². The molecule has 5 aromatic carbocycles. The maximum absolute atomic E-state index is 13.5. The van der Waals surface area contributed by atoms with Gasteiger partial charge in [-0.3, -0.25) is 14.4 Å². The number of carbonyl (C=O) groups excluding carboxylic acids is 7. The summed E-state index contributed by atoms with van der Waals surface area (Å²) in [5.41, 5.74) is 3.58. The number of esters is 4. The minimum atomic E-state index is -1.35. The molecule has 5 aromatic rings. The van der Waals surface area contributed by atoms with Crippen molar-refractivity contribution in [1.82, 2.24) is 16.0 Å². The molecule has 0 fully saturated rings. The second-order valence-electron chi connectivity index (χ2n) is 15.0. The fourth-order valence-corrected chi connectivity index (χ4v) is 6.30. The van der Waals surface area contributed by atoms with Gasteiger partial charge in [-0.2, -0.15) is 0 Å². The van der Waals surface area contributed by atoms with Crippen molar-refractivity contribution in [2.45, 2.75) is 89.7 Å². The molecule has 0 saturated heterocycles. The first-order valence-electron chi connectivity index (χ1n) is 21.5. The summed E-state index contributed by atoms with van der Waals surface area (Å²) < 4.78 is 27.2. The lowest BCUT2D eigenvalue weighted by molar-refractivity contribution is -0.151. The topological polar surface area (TPSA) is 202 Å². The normalized spacial score (nSPS) is 11.9. The van der Waals surface area contributed by atoms with Gasteiger partial charge in [-0.1, -0.05) is 152 Å². The van der Waals surface area contributed by atoms with Crippen LogP contribution in [0.4, 0.5) is 4.79 Å². The minimum absolute atomic E-state index is 0.0272. The lowest BCUT2D eigenvalue weighted by Gasteiger charge is -2.21. The Kier molecular flexibility index (Phi) is 20.4. The molecule has 3 atom stereocenters. The summed E-state index contributed by atoms with van der Waals surface area (Å²) in [5.74, 6) is -4.42. The van der Waals surface area contributed by atoms with Crippen LogP contribution in [0.25, 0.3) is 0 Å². The van der Waals surface area contributed by atoms with Gasteiger partial charge in [-0.25, -0.2) is 19.2 Å². The van der Waals surface area contributed by atoms with Gasteiger partial charge < -0.3 is 39.6 Å². The highest BCUT2D eigenvalue weighted by Crippen LogP contribution is 2.12. The van der Waals surface area contributed by atoms with Crippen LogP contribution < -0.4 is 16.0 Å². The number of hydrogen-bond acceptors (Lipinski definition) is 12. The molecule has 0 radical (unpaired) electrons. The molecule has 15 nitrogen and oxygen atoms in total. The number of hydrogen-bond donors (Lipinski definition) is 3. The quantitative estimate of drug-likeness (QED) is 0.0421. The van der Waals surface area contributed by atoms with Crippen LogP contribution in [0.2, 0.25) is 0 Å². The summed E-state index contributed by atoms with van der Waals surface area (Å²) in [4.78, 5) is 92.6. The van der Waals surface area contributed by atoms with E-state index >= 15 is 0 Å². The van der Waals surface area contributed by atoms with Gasteiger partial charge in [0.15, 0.2) is 0 Å². The van der Waals surface area contributed by atoms with Crippen molar-refractivity contribution in [3.63, 3.8) is 0 Å². The maximum Gasteiger partial charge on any atom is 0.408 e. The van der Waals surface area contributed by atoms with E-state index in [1.165, 1.54) is 0 Å². The lowest BCUT2D eigenvalue weighted by Crippen LogP contribution is -2.46. The van der Waals surface area contributed by atoms with E-state index in [4.69, 9.17) is 23.7 Å². The molecule has 0 aliphatic rings. The number of nitrogens with one attached hydrogen (secondary N) is 3. The van der Waals surface area contributed by atoms with Crippen LogP contribution in [-0.4, -0.2) is 59.9 Å². The molecule has 0 saturated carbocycles. The third-order valence-electron chi connectivity index (χ3n) is 9.90. The van der Waals surface area contributed by atoms with Crippen LogP contribution in [0.15, 0.2) is 152 Å². The number of amides is 3. The van der Waals surface area contributed by atoms with Crippen LogP contribution in [0.1, 0.15) is 66.3 Å². The summed E-state index contributed by atoms with van der Waals surface area (Å²) in [7, 11) is 0. The summed E-state index contributed by atoms with van der Waals surface area (Å²) in [5, 5.41) is 7.70. The molecule has 344 valence electrons. The van der Waals surface area contributed by atoms with E-state index in [2.05, 4.69) is 16.0 Å². The smallest absolute Gasteiger partial charge is 0.408 e. The molecular formula is C51H53N3O12. The van der Waals surface area contributed by atoms with Crippen molar-refractivity contribution in [1.29, 1.82) is 0 Å². The van der Waals surface area contributed by atoms with Gasteiger partial charge in [-0.05, 0) is 47.1 Å². The first kappa shape index (κ1) is 49.2. The van der Waals surface area contributed by atoms with Gasteiger partial charge in [0.05, 0.1) is 0 Å². The molecule has 15 heteroatoms. The van der Waals surface area contributed by atoms with E-state index in [1.807, 2.05) is 36.4 Å². The van der Waals surface area contributed by atoms with Crippen LogP contribution in [0.5, 0.6) is 0 Å². The average Bonchev–Trinajstić information content (AvgIpc) is 3.35. The molecule has 0 spiro atoms. The summed E-state index contributed by atoms with van der Waals surface area (Å²) in [6.45, 7) is -0.347. The fraction of sp³-hybridized carbons (Fsp3) is 0.275. The SMILES string of the molecule is O=C(CC[C@H](NC(=O)OCc1ccccc1)C(=O)OCc1ccccc1)N[C@@H](CCC(=O)N[C@@H](CCC(=O)OCc1ccccc1)C(=O)OCc1ccccc1)C(=O)OCc1ccccc1. The third-order valence-corrected chi connectivity index (χ3v) is 9.90. The highest BCUT2D eigenvalue weighted by atomic mass is 16.6. The minimum Gasteiger partial charge on any atom is -0.461 e. The van der Waals surface area contributed by atoms with E-state index in [-0.39, 0.29) is 71.6 Å². The van der Waals surface area contributed by atoms with Crippen molar-refractivity contribution in [2.24, 2.45) is 0 Å². The number of carbonyl (C=O) groups is 7. The Hall–Kier alpha value is -7.81. The largest absolute Gasteiger partial charge is 0.461 e. The van der Waals surface area contributed by atoms with Crippen molar-refractivity contribution in [3.8, 4) is 0 Å². The molecule has 0 unspecified atom stereocenters. The predicted molar refractivity (Wildman–Crippen MR) is 240 cm³/mol. The maximum atomic E-state index is 13.5. The molecule has 0 aromatic heterocycles. The molecule has 0 aliphatic heterocycles. The van der Waals surface area contributed by atoms with Crippen LogP contribution in [0, 0.1) is 0 Å². The Morgan fingerprint density at radius 1 is 0.333 bits per heavy atom. The van der Waals surface area contributed by atoms with Gasteiger partial charge >= 0.3 is 30.0 Å². The standard InChI is InChI=1S/C51H53N3O12/c55-45(53-43(49(59)64-34-39-20-10-3-11-21-39)28-31-47(57)62-32-37-16-6-1-7-17-37)29-26-42(48(58)63-33-38-18-8-2-9-19-38)52-46(56)30-27-44(50(60)65-35-40-22-12-4-13-23-40)54-51(61)66-36-41-24-14-5-15-25-41/h1-25,42-44H,26-36H2,(H,52,56)(H,53,55)(H,54,61)/t42-,43-,44-/m0/s1. The molecule has 66 heavy (non-hydrogen) atoms. The Balaban J connectivity index is 1.22. The summed E-state index contributed by atoms with van der Waals surface area (Å²) >= 11 is 0. The number of alkyl carbamates (subject to hydrolysis) is 1. The van der Waals surface area contributed by atoms with Gasteiger partial charge in [0.1, 0.15) is 51.2 Å². The van der Waals surface area contributed by atoms with Gasteiger partial charge in [-0.15, -0.1) is 0 Å². The lowest BCUT2D eigenvalue weighted by atomic mass is 10.1. The first-order valence-corrected chi connectivity index (χ1v) is 21.5. The van der Waals surface area contributed by atoms with E-state index in [0.717, 1.165) is 5.56 Å². The molecule has 3 N–H and O–H groups in total. The molecule has 3 amide bonds. The average molecular weight is 900 g/mol. The number of benzene rings is 5. The van der Waals surface area contributed by atoms with E-state index < -0.39 is 59.9 Å². The highest BCUT2D eigenvalue weighted by Gasteiger charge is 2.29. The van der Waals surface area contributed by atoms with Crippen LogP contribution >= 0.6 is 0 Å². The molecular weight excluding hydrogens is 847 g/mol. The van der Waals surface area contributed by atoms with Gasteiger partial charge in [0.25, 0.3) is 0 Å². The van der Waals surface area contributed by atoms with Crippen molar-refractivity contribution >= 4 is 41.8 Å². The van der Waals surface area contributed by atoms with Crippen molar-refractivity contribution in [2.75, 3.05) is 0 Å². The summed E-state index contributed by atoms with van der Waals surface area (Å²) in [6.07, 6.45) is -2.52. The number of rotatable bonds is 25. The van der Waals surface area contributed by atoms with Crippen molar-refractivity contribution < 1.29 is 57.2 Å². The zero-order valence-corrected chi connectivity index (χ0v) is 36.3. The van der Waals surface area contributed by atoms with E-state index in [1.54, 1.807) is 115 Å². The van der Waals surface area contributed by atoms with E-state index in [9.17, 15) is 33.6 Å². The fourth-order valence-electron chi connectivity index (χ4n) is 6.30. The Labute approximate surface area is 383 Å². The van der Waals surface area contributed by atoms with Gasteiger partial charge in [0, 0.05) is 19.3 Å². The highest BCUT2D eigenvalue weighted by molar-refractivity contribution is 5.88. The van der Waals surface area contributed by atoms with E-state index in [0.29, 0.717) is 22.3 Å². The Morgan fingerprint density at radius 3 is 0.939 bits per heavy atom. The third kappa shape index (κ3) is 18.5. The van der Waals surface area contributed by atoms with Crippen LogP contribution in [-0.2, 0) is 85.5 Å². The summed E-state index contributed by atoms with van der Waals surface area (Å²) in [6, 6.07) is 40.7. The van der Waals surface area contributed by atoms with Crippen LogP contribution in [0.3, 0.4) is 0 Å². The zero-order chi connectivity index (χ0) is 46.8. The van der Waals surface area contributed by atoms with Crippen molar-refractivity contribution in [3.05, 3.63) is 179 Å².